The van der Waals surface area contributed by atoms with Gasteiger partial charge in [-0.05, 0) is 25.3 Å². The molecule has 2 heterocycles. The van der Waals surface area contributed by atoms with E-state index in [1.165, 1.54) is 6.42 Å². The number of halogens is 1. The van der Waals surface area contributed by atoms with Gasteiger partial charge in [-0.3, -0.25) is 9.78 Å². The first-order valence-electron chi connectivity index (χ1n) is 7.00. The van der Waals surface area contributed by atoms with Crippen molar-refractivity contribution in [3.63, 3.8) is 0 Å². The van der Waals surface area contributed by atoms with Gasteiger partial charge in [0.2, 0.25) is 11.8 Å². The first-order chi connectivity index (χ1) is 10.2. The van der Waals surface area contributed by atoms with Crippen LogP contribution in [0, 0.1) is 0 Å². The van der Waals surface area contributed by atoms with Crippen molar-refractivity contribution >= 4 is 21.9 Å². The maximum absolute atomic E-state index is 12.4. The van der Waals surface area contributed by atoms with Crippen LogP contribution in [0.5, 0.6) is 5.88 Å². The summed E-state index contributed by atoms with van der Waals surface area (Å²) in [6.45, 7) is 1.72. The lowest BCUT2D eigenvalue weighted by atomic mass is 10.1. The van der Waals surface area contributed by atoms with Crippen molar-refractivity contribution in [3.8, 4) is 17.0 Å². The van der Waals surface area contributed by atoms with Gasteiger partial charge in [0, 0.05) is 23.1 Å². The number of aromatic nitrogens is 2. The number of benzene rings is 1. The summed E-state index contributed by atoms with van der Waals surface area (Å²) >= 11 is 3.39. The Kier molecular flexibility index (Phi) is 3.96. The molecule has 0 radical (unpaired) electrons. The molecule has 2 aromatic rings. The minimum absolute atomic E-state index is 0.197. The summed E-state index contributed by atoms with van der Waals surface area (Å²) in [7, 11) is 0. The molecule has 1 aliphatic heterocycles. The van der Waals surface area contributed by atoms with Gasteiger partial charge >= 0.3 is 0 Å². The second-order valence-corrected chi connectivity index (χ2v) is 5.97. The molecule has 6 heteroatoms. The molecule has 1 aromatic carbocycles. The standard InChI is InChI=1S/C15H16BrN3O2/c16-11-7-3-2-6-10(11)12-13(20)17-15(18-14(12)21)19-8-4-1-5-9-19/h2-3,6-7H,1,4-5,8-9H2,(H2,17,18,20,21). The second-order valence-electron chi connectivity index (χ2n) is 5.12. The summed E-state index contributed by atoms with van der Waals surface area (Å²) in [5, 5.41) is 10.2. The molecule has 0 unspecified atom stereocenters. The summed E-state index contributed by atoms with van der Waals surface area (Å²) in [6, 6.07) is 7.27. The number of aromatic hydroxyl groups is 1. The Morgan fingerprint density at radius 1 is 1.19 bits per heavy atom. The van der Waals surface area contributed by atoms with Crippen LogP contribution in [-0.4, -0.2) is 28.2 Å². The number of aromatic amines is 1. The van der Waals surface area contributed by atoms with E-state index in [4.69, 9.17) is 0 Å². The van der Waals surface area contributed by atoms with Crippen molar-refractivity contribution in [3.05, 3.63) is 39.1 Å². The van der Waals surface area contributed by atoms with Crippen molar-refractivity contribution in [2.75, 3.05) is 18.0 Å². The lowest BCUT2D eigenvalue weighted by molar-refractivity contribution is 0.451. The van der Waals surface area contributed by atoms with E-state index in [1.807, 2.05) is 23.1 Å². The molecule has 1 aromatic heterocycles. The fourth-order valence-electron chi connectivity index (χ4n) is 2.61. The smallest absolute Gasteiger partial charge is 0.264 e. The highest BCUT2D eigenvalue weighted by molar-refractivity contribution is 9.10. The van der Waals surface area contributed by atoms with Crippen LogP contribution in [-0.2, 0) is 0 Å². The first kappa shape index (κ1) is 14.1. The number of rotatable bonds is 2. The number of H-pyrrole nitrogens is 1. The van der Waals surface area contributed by atoms with Gasteiger partial charge in [-0.2, -0.15) is 4.98 Å². The molecule has 0 amide bonds. The number of hydrogen-bond acceptors (Lipinski definition) is 4. The summed E-state index contributed by atoms with van der Waals surface area (Å²) < 4.78 is 0.748. The van der Waals surface area contributed by atoms with E-state index in [-0.39, 0.29) is 17.0 Å². The van der Waals surface area contributed by atoms with Crippen molar-refractivity contribution in [1.82, 2.24) is 9.97 Å². The van der Waals surface area contributed by atoms with Crippen LogP contribution in [0.2, 0.25) is 0 Å². The minimum Gasteiger partial charge on any atom is -0.493 e. The number of hydrogen-bond donors (Lipinski definition) is 2. The van der Waals surface area contributed by atoms with Crippen molar-refractivity contribution in [2.24, 2.45) is 0 Å². The lowest BCUT2D eigenvalue weighted by Crippen LogP contribution is -2.32. The third-order valence-electron chi connectivity index (χ3n) is 3.69. The Morgan fingerprint density at radius 3 is 2.57 bits per heavy atom. The highest BCUT2D eigenvalue weighted by atomic mass is 79.9. The zero-order valence-corrected chi connectivity index (χ0v) is 13.1. The molecule has 5 nitrogen and oxygen atoms in total. The Labute approximate surface area is 130 Å². The molecular formula is C15H16BrN3O2. The van der Waals surface area contributed by atoms with E-state index in [0.717, 1.165) is 30.4 Å². The molecule has 0 saturated carbocycles. The number of piperidine rings is 1. The van der Waals surface area contributed by atoms with Gasteiger partial charge in [-0.1, -0.05) is 34.1 Å². The highest BCUT2D eigenvalue weighted by Gasteiger charge is 2.19. The SMILES string of the molecule is O=c1[nH]c(N2CCCCC2)nc(O)c1-c1ccccc1Br. The predicted octanol–water partition coefficient (Wildman–Crippen LogP) is 2.90. The van der Waals surface area contributed by atoms with Crippen LogP contribution in [0.15, 0.2) is 33.5 Å². The third-order valence-corrected chi connectivity index (χ3v) is 4.38. The quantitative estimate of drug-likeness (QED) is 0.874. The molecule has 0 spiro atoms. The van der Waals surface area contributed by atoms with Crippen LogP contribution < -0.4 is 10.5 Å². The van der Waals surface area contributed by atoms with Crippen LogP contribution in [0.25, 0.3) is 11.1 Å². The topological polar surface area (TPSA) is 69.2 Å². The van der Waals surface area contributed by atoms with Gasteiger partial charge in [0.1, 0.15) is 5.56 Å². The highest BCUT2D eigenvalue weighted by Crippen LogP contribution is 2.31. The monoisotopic (exact) mass is 349 g/mol. The van der Waals surface area contributed by atoms with E-state index in [0.29, 0.717) is 11.5 Å². The van der Waals surface area contributed by atoms with Gasteiger partial charge < -0.3 is 10.0 Å². The summed E-state index contributed by atoms with van der Waals surface area (Å²) in [6.07, 6.45) is 3.36. The fourth-order valence-corrected chi connectivity index (χ4v) is 3.09. The normalized spacial score (nSPS) is 15.2. The number of nitrogens with one attached hydrogen (secondary N) is 1. The molecule has 2 N–H and O–H groups in total. The Morgan fingerprint density at radius 2 is 1.90 bits per heavy atom. The van der Waals surface area contributed by atoms with Crippen molar-refractivity contribution in [2.45, 2.75) is 19.3 Å². The second kappa shape index (κ2) is 5.89. The molecule has 110 valence electrons. The Bertz CT molecular complexity index is 708. The number of anilines is 1. The molecule has 0 atom stereocenters. The third kappa shape index (κ3) is 2.81. The van der Waals surface area contributed by atoms with E-state index in [2.05, 4.69) is 25.9 Å². The van der Waals surface area contributed by atoms with Crippen LogP contribution in [0.1, 0.15) is 19.3 Å². The van der Waals surface area contributed by atoms with E-state index in [9.17, 15) is 9.90 Å². The van der Waals surface area contributed by atoms with E-state index in [1.54, 1.807) is 6.07 Å². The maximum atomic E-state index is 12.4. The first-order valence-corrected chi connectivity index (χ1v) is 7.79. The van der Waals surface area contributed by atoms with E-state index >= 15 is 0 Å². The Balaban J connectivity index is 2.05. The van der Waals surface area contributed by atoms with Gasteiger partial charge in [-0.15, -0.1) is 0 Å². The molecule has 21 heavy (non-hydrogen) atoms. The summed E-state index contributed by atoms with van der Waals surface area (Å²) in [5.41, 5.74) is 0.507. The average Bonchev–Trinajstić information content (AvgIpc) is 2.49. The maximum Gasteiger partial charge on any atom is 0.264 e. The van der Waals surface area contributed by atoms with E-state index < -0.39 is 0 Å². The summed E-state index contributed by atoms with van der Waals surface area (Å²) in [5.74, 6) is 0.222. The van der Waals surface area contributed by atoms with Crippen LogP contribution in [0.3, 0.4) is 0 Å². The van der Waals surface area contributed by atoms with Crippen LogP contribution in [0.4, 0.5) is 5.95 Å². The predicted molar refractivity (Wildman–Crippen MR) is 85.7 cm³/mol. The van der Waals surface area contributed by atoms with Gasteiger partial charge in [0.05, 0.1) is 0 Å². The average molecular weight is 350 g/mol. The largest absolute Gasteiger partial charge is 0.493 e. The minimum atomic E-state index is -0.324. The van der Waals surface area contributed by atoms with Crippen molar-refractivity contribution < 1.29 is 5.11 Å². The molecule has 1 aliphatic rings. The van der Waals surface area contributed by atoms with Crippen molar-refractivity contribution in [1.29, 1.82) is 0 Å². The zero-order valence-electron chi connectivity index (χ0n) is 11.5. The molecule has 0 aliphatic carbocycles. The van der Waals surface area contributed by atoms with Gasteiger partial charge in [-0.25, -0.2) is 0 Å². The zero-order chi connectivity index (χ0) is 14.8. The fraction of sp³-hybridized carbons (Fsp3) is 0.333. The Hall–Kier alpha value is -1.82. The van der Waals surface area contributed by atoms with Gasteiger partial charge in [0.15, 0.2) is 0 Å². The molecule has 0 bridgehead atoms. The van der Waals surface area contributed by atoms with Gasteiger partial charge in [0.25, 0.3) is 5.56 Å². The molecule has 1 fully saturated rings. The van der Waals surface area contributed by atoms with Crippen LogP contribution >= 0.6 is 15.9 Å². The molecule has 1 saturated heterocycles. The number of nitrogens with zero attached hydrogens (tertiary/aromatic N) is 2. The molecule has 3 rings (SSSR count). The molecular weight excluding hydrogens is 334 g/mol. The summed E-state index contributed by atoms with van der Waals surface area (Å²) in [4.78, 5) is 21.3. The lowest BCUT2D eigenvalue weighted by Gasteiger charge is -2.27.